The molecule has 2 aromatic rings. The minimum atomic E-state index is 0.567. The second-order valence-corrected chi connectivity index (χ2v) is 7.13. The van der Waals surface area contributed by atoms with Gasteiger partial charge in [-0.15, -0.1) is 11.3 Å². The molecule has 0 radical (unpaired) electrons. The summed E-state index contributed by atoms with van der Waals surface area (Å²) in [6, 6.07) is 7.69. The molecule has 0 atom stereocenters. The monoisotopic (exact) mass is 380 g/mol. The van der Waals surface area contributed by atoms with Gasteiger partial charge in [-0.05, 0) is 31.5 Å². The summed E-state index contributed by atoms with van der Waals surface area (Å²) in [5.41, 5.74) is 2.17. The zero-order chi connectivity index (χ0) is 18.1. The van der Waals surface area contributed by atoms with Crippen molar-refractivity contribution in [2.24, 2.45) is 4.99 Å². The molecule has 1 N–H and O–H groups in total. The van der Waals surface area contributed by atoms with E-state index in [-0.39, 0.29) is 0 Å². The van der Waals surface area contributed by atoms with Crippen LogP contribution in [0.4, 0.5) is 0 Å². The number of nitrogens with zero attached hydrogens (tertiary/aromatic N) is 3. The Labute approximate surface area is 158 Å². The number of halogens is 1. The highest BCUT2D eigenvalue weighted by molar-refractivity contribution is 7.09. The number of nitrogens with one attached hydrogen (secondary N) is 1. The van der Waals surface area contributed by atoms with Crippen LogP contribution in [-0.4, -0.2) is 42.6 Å². The van der Waals surface area contributed by atoms with Crippen molar-refractivity contribution in [1.82, 2.24) is 15.2 Å². The van der Waals surface area contributed by atoms with Crippen molar-refractivity contribution in [3.8, 4) is 0 Å². The molecule has 7 heteroatoms. The van der Waals surface area contributed by atoms with E-state index in [1.54, 1.807) is 11.3 Å². The molecular formula is C18H25ClN4OS. The van der Waals surface area contributed by atoms with Gasteiger partial charge in [0.25, 0.3) is 0 Å². The predicted molar refractivity (Wildman–Crippen MR) is 105 cm³/mol. The van der Waals surface area contributed by atoms with Crippen molar-refractivity contribution in [3.05, 3.63) is 50.9 Å². The maximum Gasteiger partial charge on any atom is 0.194 e. The first-order valence-electron chi connectivity index (χ1n) is 8.31. The topological polar surface area (TPSA) is 49.8 Å². The summed E-state index contributed by atoms with van der Waals surface area (Å²) in [6.45, 7) is 7.39. The van der Waals surface area contributed by atoms with E-state index in [1.807, 2.05) is 38.2 Å². The smallest absolute Gasteiger partial charge is 0.194 e. The molecule has 0 fully saturated rings. The van der Waals surface area contributed by atoms with Gasteiger partial charge in [-0.2, -0.15) is 0 Å². The van der Waals surface area contributed by atoms with Crippen LogP contribution in [0.15, 0.2) is 34.6 Å². The molecule has 0 bridgehead atoms. The van der Waals surface area contributed by atoms with Crippen LogP contribution in [-0.2, 0) is 17.9 Å². The van der Waals surface area contributed by atoms with Crippen molar-refractivity contribution in [2.45, 2.75) is 27.0 Å². The van der Waals surface area contributed by atoms with Gasteiger partial charge in [0, 0.05) is 24.0 Å². The molecular weight excluding hydrogens is 356 g/mol. The largest absolute Gasteiger partial charge is 0.375 e. The second-order valence-electron chi connectivity index (χ2n) is 5.63. The normalized spacial score (nSPS) is 11.6. The Morgan fingerprint density at radius 2 is 2.12 bits per heavy atom. The molecule has 5 nitrogen and oxygen atoms in total. The van der Waals surface area contributed by atoms with Gasteiger partial charge in [0.15, 0.2) is 5.96 Å². The average molecular weight is 381 g/mol. The molecule has 0 aliphatic heterocycles. The summed E-state index contributed by atoms with van der Waals surface area (Å²) in [5, 5.41) is 7.22. The van der Waals surface area contributed by atoms with Crippen LogP contribution >= 0.6 is 22.9 Å². The fraction of sp³-hybridized carbons (Fsp3) is 0.444. The number of hydrogen-bond acceptors (Lipinski definition) is 4. The highest BCUT2D eigenvalue weighted by Crippen LogP contribution is 2.11. The number of benzene rings is 1. The number of aryl methyl sites for hydroxylation is 1. The molecule has 0 spiro atoms. The van der Waals surface area contributed by atoms with Crippen LogP contribution in [0.5, 0.6) is 0 Å². The number of thiazole rings is 1. The molecule has 0 amide bonds. The van der Waals surface area contributed by atoms with Gasteiger partial charge < -0.3 is 15.0 Å². The molecule has 0 aliphatic carbocycles. The SMILES string of the molecule is CCNC(=NCCOCc1ccc(Cl)cc1)N(C)Cc1csc(C)n1. The van der Waals surface area contributed by atoms with Gasteiger partial charge in [-0.25, -0.2) is 4.98 Å². The molecule has 0 saturated heterocycles. The molecule has 2 rings (SSSR count). The van der Waals surface area contributed by atoms with E-state index < -0.39 is 0 Å². The summed E-state index contributed by atoms with van der Waals surface area (Å²) in [6.07, 6.45) is 0. The van der Waals surface area contributed by atoms with E-state index in [2.05, 4.69) is 32.5 Å². The summed E-state index contributed by atoms with van der Waals surface area (Å²) < 4.78 is 5.68. The fourth-order valence-electron chi connectivity index (χ4n) is 2.26. The molecule has 1 heterocycles. The standard InChI is InChI=1S/C18H25ClN4OS/c1-4-20-18(23(3)11-17-13-25-14(2)22-17)21-9-10-24-12-15-5-7-16(19)8-6-15/h5-8,13H,4,9-12H2,1-3H3,(H,20,21). The Morgan fingerprint density at radius 1 is 1.36 bits per heavy atom. The molecule has 0 unspecified atom stereocenters. The van der Waals surface area contributed by atoms with Gasteiger partial charge in [0.1, 0.15) is 0 Å². The molecule has 25 heavy (non-hydrogen) atoms. The lowest BCUT2D eigenvalue weighted by atomic mass is 10.2. The number of ether oxygens (including phenoxy) is 1. The minimum absolute atomic E-state index is 0.567. The minimum Gasteiger partial charge on any atom is -0.375 e. The highest BCUT2D eigenvalue weighted by atomic mass is 35.5. The van der Waals surface area contributed by atoms with Crippen LogP contribution < -0.4 is 5.32 Å². The first-order chi connectivity index (χ1) is 12.1. The van der Waals surface area contributed by atoms with Crippen LogP contribution in [0.1, 0.15) is 23.2 Å². The van der Waals surface area contributed by atoms with E-state index in [1.165, 1.54) is 0 Å². The van der Waals surface area contributed by atoms with Crippen molar-refractivity contribution in [2.75, 3.05) is 26.7 Å². The lowest BCUT2D eigenvalue weighted by Gasteiger charge is -2.21. The van der Waals surface area contributed by atoms with Crippen molar-refractivity contribution in [1.29, 1.82) is 0 Å². The third kappa shape index (κ3) is 7.02. The zero-order valence-electron chi connectivity index (χ0n) is 15.0. The van der Waals surface area contributed by atoms with Gasteiger partial charge >= 0.3 is 0 Å². The fourth-order valence-corrected chi connectivity index (χ4v) is 2.98. The van der Waals surface area contributed by atoms with Gasteiger partial charge in [0.2, 0.25) is 0 Å². The summed E-state index contributed by atoms with van der Waals surface area (Å²) >= 11 is 7.54. The van der Waals surface area contributed by atoms with E-state index >= 15 is 0 Å². The molecule has 1 aromatic carbocycles. The quantitative estimate of drug-likeness (QED) is 0.431. The zero-order valence-corrected chi connectivity index (χ0v) is 16.5. The first-order valence-corrected chi connectivity index (χ1v) is 9.57. The molecule has 1 aromatic heterocycles. The number of hydrogen-bond donors (Lipinski definition) is 1. The Morgan fingerprint density at radius 3 is 2.76 bits per heavy atom. The highest BCUT2D eigenvalue weighted by Gasteiger charge is 2.08. The van der Waals surface area contributed by atoms with Gasteiger partial charge in [-0.3, -0.25) is 4.99 Å². The Balaban J connectivity index is 1.78. The van der Waals surface area contributed by atoms with Crippen molar-refractivity contribution in [3.63, 3.8) is 0 Å². The average Bonchev–Trinajstić information content (AvgIpc) is 3.00. The Hall–Kier alpha value is -1.63. The third-order valence-corrected chi connectivity index (χ3v) is 4.52. The molecule has 0 aliphatic rings. The van der Waals surface area contributed by atoms with E-state index in [0.29, 0.717) is 19.8 Å². The summed E-state index contributed by atoms with van der Waals surface area (Å²) in [7, 11) is 2.02. The van der Waals surface area contributed by atoms with Gasteiger partial charge in [0.05, 0.1) is 37.0 Å². The molecule has 0 saturated carbocycles. The molecule has 136 valence electrons. The van der Waals surface area contributed by atoms with Crippen LogP contribution in [0.25, 0.3) is 0 Å². The second kappa shape index (κ2) is 10.4. The van der Waals surface area contributed by atoms with Crippen molar-refractivity contribution < 1.29 is 4.74 Å². The number of aliphatic imine (C=N–C) groups is 1. The lowest BCUT2D eigenvalue weighted by molar-refractivity contribution is 0.128. The Kier molecular flexibility index (Phi) is 8.18. The Bertz CT molecular complexity index is 672. The maximum absolute atomic E-state index is 5.87. The third-order valence-electron chi connectivity index (χ3n) is 3.44. The van der Waals surface area contributed by atoms with Gasteiger partial charge in [-0.1, -0.05) is 23.7 Å². The van der Waals surface area contributed by atoms with E-state index in [0.717, 1.165) is 40.3 Å². The number of rotatable bonds is 8. The van der Waals surface area contributed by atoms with E-state index in [9.17, 15) is 0 Å². The lowest BCUT2D eigenvalue weighted by Crippen LogP contribution is -2.38. The van der Waals surface area contributed by atoms with Crippen LogP contribution in [0.2, 0.25) is 5.02 Å². The van der Waals surface area contributed by atoms with Crippen LogP contribution in [0, 0.1) is 6.92 Å². The number of aromatic nitrogens is 1. The van der Waals surface area contributed by atoms with E-state index in [4.69, 9.17) is 16.3 Å². The number of guanidine groups is 1. The van der Waals surface area contributed by atoms with Crippen molar-refractivity contribution >= 4 is 28.9 Å². The summed E-state index contributed by atoms with van der Waals surface area (Å²) in [4.78, 5) is 11.2. The van der Waals surface area contributed by atoms with Crippen LogP contribution in [0.3, 0.4) is 0 Å². The summed E-state index contributed by atoms with van der Waals surface area (Å²) in [5.74, 6) is 0.864. The predicted octanol–water partition coefficient (Wildman–Crippen LogP) is 3.72. The first kappa shape index (κ1) is 19.7. The maximum atomic E-state index is 5.87.